The molecule has 0 heterocycles. The van der Waals surface area contributed by atoms with E-state index in [0.29, 0.717) is 10.8 Å². The van der Waals surface area contributed by atoms with Gasteiger partial charge in [-0.15, -0.1) is 0 Å². The molecule has 1 N–H and O–H groups in total. The fourth-order valence-electron chi connectivity index (χ4n) is 2.11. The van der Waals surface area contributed by atoms with Gasteiger partial charge in [-0.2, -0.15) is 0 Å². The first-order valence-electron chi connectivity index (χ1n) is 5.54. The summed E-state index contributed by atoms with van der Waals surface area (Å²) in [5.41, 5.74) is 0.794. The SMILES string of the molecule is CC(C)c1cc(O)cc2cccc(C(F)F)c12. The van der Waals surface area contributed by atoms with E-state index >= 15 is 0 Å². The van der Waals surface area contributed by atoms with E-state index in [1.165, 1.54) is 12.1 Å². The Balaban J connectivity index is 2.86. The molecule has 1 nitrogen and oxygen atoms in total. The van der Waals surface area contributed by atoms with Crippen molar-refractivity contribution >= 4 is 10.8 Å². The lowest BCUT2D eigenvalue weighted by Gasteiger charge is -2.14. The van der Waals surface area contributed by atoms with Gasteiger partial charge in [0.15, 0.2) is 0 Å². The number of fused-ring (bicyclic) bond motifs is 1. The maximum absolute atomic E-state index is 13.0. The molecule has 0 saturated heterocycles. The predicted octanol–water partition coefficient (Wildman–Crippen LogP) is 4.61. The number of phenolic OH excluding ortho intramolecular Hbond substituents is 1. The van der Waals surface area contributed by atoms with E-state index in [1.807, 2.05) is 13.8 Å². The summed E-state index contributed by atoms with van der Waals surface area (Å²) in [6.07, 6.45) is -2.50. The first kappa shape index (κ1) is 11.8. The van der Waals surface area contributed by atoms with E-state index in [4.69, 9.17) is 0 Å². The van der Waals surface area contributed by atoms with Crippen molar-refractivity contribution in [2.45, 2.75) is 26.2 Å². The Bertz CT molecular complexity index is 547. The molecule has 3 heteroatoms. The maximum Gasteiger partial charge on any atom is 0.264 e. The number of phenols is 1. The van der Waals surface area contributed by atoms with Crippen LogP contribution in [0.1, 0.15) is 37.3 Å². The van der Waals surface area contributed by atoms with Crippen LogP contribution in [-0.4, -0.2) is 5.11 Å². The van der Waals surface area contributed by atoms with Crippen molar-refractivity contribution in [2.75, 3.05) is 0 Å². The molecule has 0 unspecified atom stereocenters. The summed E-state index contributed by atoms with van der Waals surface area (Å²) in [4.78, 5) is 0. The van der Waals surface area contributed by atoms with Gasteiger partial charge < -0.3 is 5.11 Å². The third-order valence-electron chi connectivity index (χ3n) is 2.88. The van der Waals surface area contributed by atoms with Crippen molar-refractivity contribution in [3.8, 4) is 5.75 Å². The number of hydrogen-bond acceptors (Lipinski definition) is 1. The second-order valence-corrected chi connectivity index (χ2v) is 4.44. The van der Waals surface area contributed by atoms with Gasteiger partial charge in [-0.3, -0.25) is 0 Å². The van der Waals surface area contributed by atoms with Crippen molar-refractivity contribution in [3.05, 3.63) is 41.5 Å². The molecule has 0 spiro atoms. The molecule has 0 saturated carbocycles. The van der Waals surface area contributed by atoms with Crippen molar-refractivity contribution in [1.29, 1.82) is 0 Å². The van der Waals surface area contributed by atoms with Crippen molar-refractivity contribution in [1.82, 2.24) is 0 Å². The summed E-state index contributed by atoms with van der Waals surface area (Å²) in [6.45, 7) is 3.85. The predicted molar refractivity (Wildman–Crippen MR) is 64.7 cm³/mol. The van der Waals surface area contributed by atoms with Crippen LogP contribution in [0.5, 0.6) is 5.75 Å². The van der Waals surface area contributed by atoms with Crippen molar-refractivity contribution in [2.24, 2.45) is 0 Å². The molecule has 0 aliphatic rings. The minimum Gasteiger partial charge on any atom is -0.508 e. The zero-order valence-corrected chi connectivity index (χ0v) is 9.74. The Hall–Kier alpha value is -1.64. The van der Waals surface area contributed by atoms with Crippen LogP contribution in [0.25, 0.3) is 10.8 Å². The van der Waals surface area contributed by atoms with Crippen LogP contribution in [-0.2, 0) is 0 Å². The molecule has 0 fully saturated rings. The van der Waals surface area contributed by atoms with E-state index in [0.717, 1.165) is 5.56 Å². The summed E-state index contributed by atoms with van der Waals surface area (Å²) < 4.78 is 26.0. The lowest BCUT2D eigenvalue weighted by atomic mass is 9.92. The highest BCUT2D eigenvalue weighted by Crippen LogP contribution is 2.35. The lowest BCUT2D eigenvalue weighted by molar-refractivity contribution is 0.153. The van der Waals surface area contributed by atoms with Gasteiger partial charge in [0.25, 0.3) is 6.43 Å². The average Bonchev–Trinajstić information content (AvgIpc) is 2.26. The normalized spacial score (nSPS) is 11.6. The van der Waals surface area contributed by atoms with Gasteiger partial charge in [-0.05, 0) is 34.4 Å². The standard InChI is InChI=1S/C14H14F2O/c1-8(2)12-7-10(17)6-9-4-3-5-11(13(9)12)14(15)16/h3-8,14,17H,1-2H3. The fraction of sp³-hybridized carbons (Fsp3) is 0.286. The van der Waals surface area contributed by atoms with Crippen LogP contribution in [0, 0.1) is 0 Å². The molecule has 90 valence electrons. The van der Waals surface area contributed by atoms with E-state index in [2.05, 4.69) is 0 Å². The molecule has 2 aromatic rings. The highest BCUT2D eigenvalue weighted by Gasteiger charge is 2.16. The summed E-state index contributed by atoms with van der Waals surface area (Å²) >= 11 is 0. The Labute approximate surface area is 98.7 Å². The minimum absolute atomic E-state index is 0.0335. The van der Waals surface area contributed by atoms with E-state index in [-0.39, 0.29) is 17.2 Å². The number of hydrogen-bond donors (Lipinski definition) is 1. The van der Waals surface area contributed by atoms with Gasteiger partial charge >= 0.3 is 0 Å². The van der Waals surface area contributed by atoms with Crippen LogP contribution >= 0.6 is 0 Å². The Kier molecular flexibility index (Phi) is 3.01. The van der Waals surface area contributed by atoms with Crippen LogP contribution in [0.3, 0.4) is 0 Å². The van der Waals surface area contributed by atoms with E-state index < -0.39 is 6.43 Å². The topological polar surface area (TPSA) is 20.2 Å². The summed E-state index contributed by atoms with van der Waals surface area (Å²) in [7, 11) is 0. The Morgan fingerprint density at radius 2 is 1.76 bits per heavy atom. The molecule has 0 radical (unpaired) electrons. The monoisotopic (exact) mass is 236 g/mol. The Morgan fingerprint density at radius 3 is 2.35 bits per heavy atom. The number of halogens is 2. The molecule has 0 atom stereocenters. The van der Waals surface area contributed by atoms with Crippen molar-refractivity contribution < 1.29 is 13.9 Å². The average molecular weight is 236 g/mol. The zero-order chi connectivity index (χ0) is 12.6. The fourth-order valence-corrected chi connectivity index (χ4v) is 2.11. The van der Waals surface area contributed by atoms with Crippen LogP contribution in [0.4, 0.5) is 8.78 Å². The second kappa shape index (κ2) is 4.32. The Morgan fingerprint density at radius 1 is 1.06 bits per heavy atom. The molecule has 0 aliphatic carbocycles. The van der Waals surface area contributed by atoms with Gasteiger partial charge in [0, 0.05) is 5.56 Å². The molecule has 17 heavy (non-hydrogen) atoms. The number of aromatic hydroxyl groups is 1. The minimum atomic E-state index is -2.50. The maximum atomic E-state index is 13.0. The molecule has 0 aromatic heterocycles. The number of benzene rings is 2. The number of alkyl halides is 2. The summed E-state index contributed by atoms with van der Waals surface area (Å²) in [5.74, 6) is 0.206. The largest absolute Gasteiger partial charge is 0.508 e. The van der Waals surface area contributed by atoms with Gasteiger partial charge in [-0.25, -0.2) is 8.78 Å². The quantitative estimate of drug-likeness (QED) is 0.807. The highest BCUT2D eigenvalue weighted by atomic mass is 19.3. The van der Waals surface area contributed by atoms with Crippen LogP contribution in [0.2, 0.25) is 0 Å². The second-order valence-electron chi connectivity index (χ2n) is 4.44. The van der Waals surface area contributed by atoms with Gasteiger partial charge in [0.2, 0.25) is 0 Å². The van der Waals surface area contributed by atoms with Gasteiger partial charge in [0.05, 0.1) is 0 Å². The third kappa shape index (κ3) is 2.09. The molecule has 0 amide bonds. The molecule has 0 aliphatic heterocycles. The van der Waals surface area contributed by atoms with E-state index in [9.17, 15) is 13.9 Å². The van der Waals surface area contributed by atoms with Gasteiger partial charge in [-0.1, -0.05) is 32.0 Å². The number of rotatable bonds is 2. The lowest BCUT2D eigenvalue weighted by Crippen LogP contribution is -1.95. The van der Waals surface area contributed by atoms with Crippen molar-refractivity contribution in [3.63, 3.8) is 0 Å². The van der Waals surface area contributed by atoms with Gasteiger partial charge in [0.1, 0.15) is 5.75 Å². The highest BCUT2D eigenvalue weighted by molar-refractivity contribution is 5.90. The smallest absolute Gasteiger partial charge is 0.264 e. The molecular weight excluding hydrogens is 222 g/mol. The first-order chi connectivity index (χ1) is 8.00. The molecule has 2 rings (SSSR count). The third-order valence-corrected chi connectivity index (χ3v) is 2.88. The first-order valence-corrected chi connectivity index (χ1v) is 5.54. The van der Waals surface area contributed by atoms with E-state index in [1.54, 1.807) is 18.2 Å². The zero-order valence-electron chi connectivity index (χ0n) is 9.74. The molecular formula is C14H14F2O. The van der Waals surface area contributed by atoms with Crippen LogP contribution in [0.15, 0.2) is 30.3 Å². The molecule has 0 bridgehead atoms. The summed E-state index contributed by atoms with van der Waals surface area (Å²) in [5, 5.41) is 10.8. The molecule has 2 aromatic carbocycles. The van der Waals surface area contributed by atoms with Crippen LogP contribution < -0.4 is 0 Å². The summed E-state index contributed by atoms with van der Waals surface area (Å²) in [6, 6.07) is 7.86.